The van der Waals surface area contributed by atoms with Gasteiger partial charge < -0.3 is 10.1 Å². The summed E-state index contributed by atoms with van der Waals surface area (Å²) in [7, 11) is -3.10. The zero-order valence-electron chi connectivity index (χ0n) is 17.6. The highest BCUT2D eigenvalue weighted by Crippen LogP contribution is 2.20. The molecule has 0 bridgehead atoms. The summed E-state index contributed by atoms with van der Waals surface area (Å²) >= 11 is 0. The van der Waals surface area contributed by atoms with Gasteiger partial charge in [-0.3, -0.25) is 14.2 Å². The third kappa shape index (κ3) is 4.43. The fourth-order valence-corrected chi connectivity index (χ4v) is 5.46. The van der Waals surface area contributed by atoms with Crippen LogP contribution >= 0.6 is 0 Å². The lowest BCUT2D eigenvalue weighted by Gasteiger charge is -2.14. The quantitative estimate of drug-likeness (QED) is 0.573. The predicted octanol–water partition coefficient (Wildman–Crippen LogP) is 2.18. The van der Waals surface area contributed by atoms with Crippen molar-refractivity contribution in [2.24, 2.45) is 0 Å². The van der Waals surface area contributed by atoms with E-state index in [9.17, 15) is 18.0 Å². The van der Waals surface area contributed by atoms with E-state index in [1.165, 1.54) is 4.57 Å². The number of hydrogen-bond acceptors (Lipinski definition) is 6. The molecule has 8 nitrogen and oxygen atoms in total. The molecule has 0 spiro atoms. The molecule has 4 rings (SSSR count). The zero-order chi connectivity index (χ0) is 22.9. The van der Waals surface area contributed by atoms with Gasteiger partial charge in [-0.05, 0) is 49.7 Å². The SMILES string of the molecule is C=CCOc1ccc2nc(C)n(-c3cccc(C(=O)N[C@@H]4CCS(=O)(=O)C4)c3)c(=O)c2c1. The maximum atomic E-state index is 13.3. The molecule has 1 amide bonds. The van der Waals surface area contributed by atoms with E-state index in [-0.39, 0.29) is 23.0 Å². The van der Waals surface area contributed by atoms with Crippen molar-refractivity contribution in [3.05, 3.63) is 76.9 Å². The van der Waals surface area contributed by atoms with Gasteiger partial charge in [0.1, 0.15) is 18.2 Å². The Kier molecular flexibility index (Phi) is 5.84. The van der Waals surface area contributed by atoms with Gasteiger partial charge in [0.05, 0.1) is 28.1 Å². The lowest BCUT2D eigenvalue weighted by molar-refractivity contribution is 0.0941. The van der Waals surface area contributed by atoms with Crippen LogP contribution in [0.1, 0.15) is 22.6 Å². The highest BCUT2D eigenvalue weighted by Gasteiger charge is 2.29. The Morgan fingerprint density at radius 2 is 2.12 bits per heavy atom. The van der Waals surface area contributed by atoms with Gasteiger partial charge in [-0.1, -0.05) is 18.7 Å². The zero-order valence-corrected chi connectivity index (χ0v) is 18.4. The van der Waals surface area contributed by atoms with E-state index in [1.54, 1.807) is 55.5 Å². The molecular formula is C23H23N3O5S. The molecule has 1 N–H and O–H groups in total. The molecule has 0 unspecified atom stereocenters. The number of benzene rings is 2. The van der Waals surface area contributed by atoms with Crippen molar-refractivity contribution in [3.63, 3.8) is 0 Å². The first-order valence-electron chi connectivity index (χ1n) is 10.2. The first-order chi connectivity index (χ1) is 15.3. The van der Waals surface area contributed by atoms with Crippen molar-refractivity contribution in [1.82, 2.24) is 14.9 Å². The van der Waals surface area contributed by atoms with Crippen LogP contribution < -0.4 is 15.6 Å². The van der Waals surface area contributed by atoms with Crippen molar-refractivity contribution < 1.29 is 17.9 Å². The van der Waals surface area contributed by atoms with Crippen LogP contribution in [0.2, 0.25) is 0 Å². The lowest BCUT2D eigenvalue weighted by atomic mass is 10.1. The average molecular weight is 454 g/mol. The Labute approximate surface area is 185 Å². The van der Waals surface area contributed by atoms with Gasteiger partial charge in [-0.15, -0.1) is 0 Å². The number of ether oxygens (including phenoxy) is 1. The van der Waals surface area contributed by atoms with Crippen LogP contribution in [-0.4, -0.2) is 48.0 Å². The van der Waals surface area contributed by atoms with Gasteiger partial charge in [-0.2, -0.15) is 0 Å². The minimum absolute atomic E-state index is 0.0537. The fraction of sp³-hybridized carbons (Fsp3) is 0.261. The second-order valence-electron chi connectivity index (χ2n) is 7.70. The molecule has 0 saturated carbocycles. The molecule has 2 aromatic carbocycles. The van der Waals surface area contributed by atoms with Crippen LogP contribution in [-0.2, 0) is 9.84 Å². The number of aryl methyl sites for hydroxylation is 1. The summed E-state index contributed by atoms with van der Waals surface area (Å²) in [6.45, 7) is 5.66. The minimum Gasteiger partial charge on any atom is -0.490 e. The molecule has 166 valence electrons. The molecule has 1 aliphatic heterocycles. The van der Waals surface area contributed by atoms with E-state index in [4.69, 9.17) is 4.74 Å². The van der Waals surface area contributed by atoms with E-state index in [0.717, 1.165) is 0 Å². The van der Waals surface area contributed by atoms with E-state index >= 15 is 0 Å². The normalized spacial score (nSPS) is 17.2. The minimum atomic E-state index is -3.10. The first kappa shape index (κ1) is 21.8. The van der Waals surface area contributed by atoms with Crippen molar-refractivity contribution in [3.8, 4) is 11.4 Å². The molecule has 9 heteroatoms. The molecule has 2 heterocycles. The Morgan fingerprint density at radius 1 is 1.31 bits per heavy atom. The molecule has 1 aromatic heterocycles. The number of sulfone groups is 1. The van der Waals surface area contributed by atoms with Crippen molar-refractivity contribution >= 4 is 26.6 Å². The third-order valence-electron chi connectivity index (χ3n) is 5.31. The molecule has 0 aliphatic carbocycles. The van der Waals surface area contributed by atoms with Gasteiger partial charge >= 0.3 is 0 Å². The Bertz CT molecular complexity index is 1380. The summed E-state index contributed by atoms with van der Waals surface area (Å²) in [4.78, 5) is 30.5. The smallest absolute Gasteiger partial charge is 0.266 e. The summed E-state index contributed by atoms with van der Waals surface area (Å²) in [5, 5.41) is 3.16. The van der Waals surface area contributed by atoms with E-state index < -0.39 is 15.9 Å². The van der Waals surface area contributed by atoms with E-state index in [1.807, 2.05) is 0 Å². The molecule has 32 heavy (non-hydrogen) atoms. The second-order valence-corrected chi connectivity index (χ2v) is 9.93. The van der Waals surface area contributed by atoms with Crippen molar-refractivity contribution in [1.29, 1.82) is 0 Å². The van der Waals surface area contributed by atoms with Crippen LogP contribution in [0.5, 0.6) is 5.75 Å². The summed E-state index contributed by atoms with van der Waals surface area (Å²) in [5.74, 6) is 0.650. The number of nitrogens with one attached hydrogen (secondary N) is 1. The Balaban J connectivity index is 1.68. The number of nitrogens with zero attached hydrogens (tertiary/aromatic N) is 2. The number of rotatable bonds is 6. The molecule has 1 fully saturated rings. The summed E-state index contributed by atoms with van der Waals surface area (Å²) in [5.41, 5.74) is 1.09. The van der Waals surface area contributed by atoms with Crippen LogP contribution in [0.15, 0.2) is 59.9 Å². The monoisotopic (exact) mass is 453 g/mol. The molecule has 0 radical (unpaired) electrons. The van der Waals surface area contributed by atoms with E-state index in [2.05, 4.69) is 16.9 Å². The number of hydrogen-bond donors (Lipinski definition) is 1. The molecule has 1 aliphatic rings. The van der Waals surface area contributed by atoms with Gasteiger partial charge in [0.25, 0.3) is 11.5 Å². The molecule has 1 saturated heterocycles. The highest BCUT2D eigenvalue weighted by atomic mass is 32.2. The lowest BCUT2D eigenvalue weighted by Crippen LogP contribution is -2.35. The van der Waals surface area contributed by atoms with E-state index in [0.29, 0.717) is 46.8 Å². The second kappa shape index (κ2) is 8.58. The maximum Gasteiger partial charge on any atom is 0.266 e. The van der Waals surface area contributed by atoms with Gasteiger partial charge in [0.2, 0.25) is 0 Å². The summed E-state index contributed by atoms with van der Waals surface area (Å²) < 4.78 is 30.3. The fourth-order valence-electron chi connectivity index (χ4n) is 3.79. The van der Waals surface area contributed by atoms with Crippen LogP contribution in [0.3, 0.4) is 0 Å². The topological polar surface area (TPSA) is 107 Å². The van der Waals surface area contributed by atoms with Crippen LogP contribution in [0.25, 0.3) is 16.6 Å². The van der Waals surface area contributed by atoms with Gasteiger partial charge in [0, 0.05) is 11.6 Å². The van der Waals surface area contributed by atoms with Crippen molar-refractivity contribution in [2.75, 3.05) is 18.1 Å². The van der Waals surface area contributed by atoms with Crippen LogP contribution in [0.4, 0.5) is 0 Å². The predicted molar refractivity (Wildman–Crippen MR) is 122 cm³/mol. The maximum absolute atomic E-state index is 13.3. The van der Waals surface area contributed by atoms with Crippen LogP contribution in [0, 0.1) is 6.92 Å². The first-order valence-corrected chi connectivity index (χ1v) is 12.0. The number of fused-ring (bicyclic) bond motifs is 1. The molecule has 1 atom stereocenters. The van der Waals surface area contributed by atoms with Gasteiger partial charge in [-0.25, -0.2) is 13.4 Å². The largest absolute Gasteiger partial charge is 0.490 e. The average Bonchev–Trinajstić information content (AvgIpc) is 3.10. The summed E-state index contributed by atoms with van der Waals surface area (Å²) in [6, 6.07) is 11.3. The molecular weight excluding hydrogens is 430 g/mol. The molecule has 3 aromatic rings. The van der Waals surface area contributed by atoms with Gasteiger partial charge in [0.15, 0.2) is 9.84 Å². The number of carbonyl (C=O) groups excluding carboxylic acids is 1. The Hall–Kier alpha value is -3.46. The third-order valence-corrected chi connectivity index (χ3v) is 7.08. The standard InChI is InChI=1S/C23H23N3O5S/c1-3-10-31-19-7-8-21-20(13-19)23(28)26(15(2)24-21)18-6-4-5-16(12-18)22(27)25-17-9-11-32(29,30)14-17/h3-8,12-13,17H,1,9-11,14H2,2H3,(H,25,27)/t17-/m1/s1. The van der Waals surface area contributed by atoms with Crippen molar-refractivity contribution in [2.45, 2.75) is 19.4 Å². The number of carbonyl (C=O) groups is 1. The number of amides is 1. The summed E-state index contributed by atoms with van der Waals surface area (Å²) in [6.07, 6.45) is 2.02. The number of aromatic nitrogens is 2. The Morgan fingerprint density at radius 3 is 2.84 bits per heavy atom. The highest BCUT2D eigenvalue weighted by molar-refractivity contribution is 7.91.